The van der Waals surface area contributed by atoms with Gasteiger partial charge in [0.2, 0.25) is 5.91 Å². The van der Waals surface area contributed by atoms with Gasteiger partial charge in [-0.1, -0.05) is 32.4 Å². The normalized spacial score (nSPS) is 12.1. The van der Waals surface area contributed by atoms with E-state index in [1.807, 2.05) is 20.8 Å². The number of nitrogens with one attached hydrogen (secondary N) is 1. The highest BCUT2D eigenvalue weighted by atomic mass is 35.5. The molecule has 5 nitrogen and oxygen atoms in total. The Labute approximate surface area is 122 Å². The predicted octanol–water partition coefficient (Wildman–Crippen LogP) is 3.28. The molecule has 1 atom stereocenters. The fraction of sp³-hybridized carbons (Fsp3) is 0.429. The van der Waals surface area contributed by atoms with Gasteiger partial charge in [0.25, 0.3) is 0 Å². The van der Waals surface area contributed by atoms with Gasteiger partial charge in [0.15, 0.2) is 0 Å². The van der Waals surface area contributed by atoms with E-state index >= 15 is 0 Å². The van der Waals surface area contributed by atoms with Crippen molar-refractivity contribution in [2.24, 2.45) is 11.8 Å². The standard InChI is InChI=1S/C14H18ClNO4/c1-7(2)8(3)13(17)16-11-6-12(20-4)9(14(18)19)5-10(11)15/h5-8H,1-4H3,(H,16,17)(H,18,19). The van der Waals surface area contributed by atoms with Crippen LogP contribution >= 0.6 is 11.6 Å². The van der Waals surface area contributed by atoms with E-state index in [1.54, 1.807) is 0 Å². The number of carbonyl (C=O) groups is 2. The van der Waals surface area contributed by atoms with Gasteiger partial charge < -0.3 is 15.2 Å². The molecule has 0 fully saturated rings. The van der Waals surface area contributed by atoms with Gasteiger partial charge >= 0.3 is 5.97 Å². The molecule has 2 N–H and O–H groups in total. The fourth-order valence-corrected chi connectivity index (χ4v) is 1.75. The van der Waals surface area contributed by atoms with Crippen LogP contribution in [0.5, 0.6) is 5.75 Å². The van der Waals surface area contributed by atoms with Crippen molar-refractivity contribution >= 4 is 29.2 Å². The molecule has 0 saturated heterocycles. The number of benzene rings is 1. The number of methoxy groups -OCH3 is 1. The summed E-state index contributed by atoms with van der Waals surface area (Å²) in [6.07, 6.45) is 0. The molecule has 0 bridgehead atoms. The molecule has 0 radical (unpaired) electrons. The number of carboxylic acid groups (broad SMARTS) is 1. The monoisotopic (exact) mass is 299 g/mol. The number of rotatable bonds is 5. The third-order valence-electron chi connectivity index (χ3n) is 3.19. The van der Waals surface area contributed by atoms with Crippen molar-refractivity contribution in [1.82, 2.24) is 0 Å². The number of carbonyl (C=O) groups excluding carboxylic acids is 1. The molecule has 1 aromatic carbocycles. The van der Waals surface area contributed by atoms with Crippen molar-refractivity contribution in [3.8, 4) is 5.75 Å². The maximum absolute atomic E-state index is 12.0. The van der Waals surface area contributed by atoms with Crippen LogP contribution in [0.15, 0.2) is 12.1 Å². The minimum Gasteiger partial charge on any atom is -0.496 e. The van der Waals surface area contributed by atoms with E-state index in [0.717, 1.165) is 0 Å². The van der Waals surface area contributed by atoms with Crippen LogP contribution < -0.4 is 10.1 Å². The van der Waals surface area contributed by atoms with Gasteiger partial charge in [0.05, 0.1) is 17.8 Å². The van der Waals surface area contributed by atoms with Crippen LogP contribution in [-0.2, 0) is 4.79 Å². The number of ether oxygens (including phenoxy) is 1. The summed E-state index contributed by atoms with van der Waals surface area (Å²) in [6, 6.07) is 2.68. The molecule has 0 aliphatic heterocycles. The van der Waals surface area contributed by atoms with Crippen molar-refractivity contribution in [3.63, 3.8) is 0 Å². The zero-order valence-electron chi connectivity index (χ0n) is 11.9. The lowest BCUT2D eigenvalue weighted by atomic mass is 9.97. The van der Waals surface area contributed by atoms with Gasteiger partial charge in [0, 0.05) is 12.0 Å². The minimum atomic E-state index is -1.14. The number of halogens is 1. The van der Waals surface area contributed by atoms with Gasteiger partial charge in [-0.15, -0.1) is 0 Å². The zero-order chi connectivity index (χ0) is 15.4. The first-order valence-corrected chi connectivity index (χ1v) is 6.57. The van der Waals surface area contributed by atoms with Gasteiger partial charge in [-0.25, -0.2) is 4.79 Å². The average molecular weight is 300 g/mol. The van der Waals surface area contributed by atoms with E-state index in [9.17, 15) is 9.59 Å². The fourth-order valence-electron chi connectivity index (χ4n) is 1.53. The van der Waals surface area contributed by atoms with Crippen LogP contribution in [0.3, 0.4) is 0 Å². The maximum Gasteiger partial charge on any atom is 0.339 e. The lowest BCUT2D eigenvalue weighted by Gasteiger charge is -2.17. The maximum atomic E-state index is 12.0. The van der Waals surface area contributed by atoms with Crippen LogP contribution in [0.25, 0.3) is 0 Å². The summed E-state index contributed by atoms with van der Waals surface area (Å²) in [6.45, 7) is 5.71. The van der Waals surface area contributed by atoms with Crippen molar-refractivity contribution in [3.05, 3.63) is 22.7 Å². The first-order chi connectivity index (χ1) is 9.27. The van der Waals surface area contributed by atoms with E-state index in [1.165, 1.54) is 19.2 Å². The van der Waals surface area contributed by atoms with E-state index < -0.39 is 5.97 Å². The number of hydrogen-bond donors (Lipinski definition) is 2. The highest BCUT2D eigenvalue weighted by Gasteiger charge is 2.20. The molecular formula is C14H18ClNO4. The summed E-state index contributed by atoms with van der Waals surface area (Å²) in [4.78, 5) is 23.0. The second-order valence-electron chi connectivity index (χ2n) is 4.86. The molecule has 1 rings (SSSR count). The Morgan fingerprint density at radius 2 is 1.90 bits per heavy atom. The molecule has 110 valence electrons. The molecule has 0 aliphatic rings. The molecule has 1 amide bonds. The summed E-state index contributed by atoms with van der Waals surface area (Å²) in [5, 5.41) is 11.9. The van der Waals surface area contributed by atoms with E-state index in [4.69, 9.17) is 21.4 Å². The summed E-state index contributed by atoms with van der Waals surface area (Å²) < 4.78 is 5.00. The lowest BCUT2D eigenvalue weighted by molar-refractivity contribution is -0.120. The third kappa shape index (κ3) is 3.63. The lowest BCUT2D eigenvalue weighted by Crippen LogP contribution is -2.24. The Bertz CT molecular complexity index is 528. The largest absolute Gasteiger partial charge is 0.496 e. The first kappa shape index (κ1) is 16.3. The van der Waals surface area contributed by atoms with Crippen molar-refractivity contribution < 1.29 is 19.4 Å². The molecule has 0 aliphatic carbocycles. The Kier molecular flexibility index (Phi) is 5.39. The van der Waals surface area contributed by atoms with Gasteiger partial charge in [-0.3, -0.25) is 4.79 Å². The average Bonchev–Trinajstić information content (AvgIpc) is 2.39. The summed E-state index contributed by atoms with van der Waals surface area (Å²) in [5.41, 5.74) is 0.290. The summed E-state index contributed by atoms with van der Waals surface area (Å²) >= 11 is 6.00. The highest BCUT2D eigenvalue weighted by Crippen LogP contribution is 2.31. The first-order valence-electron chi connectivity index (χ1n) is 6.19. The Hall–Kier alpha value is -1.75. The molecule has 0 saturated carbocycles. The molecular weight excluding hydrogens is 282 g/mol. The Morgan fingerprint density at radius 1 is 1.30 bits per heavy atom. The highest BCUT2D eigenvalue weighted by molar-refractivity contribution is 6.34. The van der Waals surface area contributed by atoms with Crippen molar-refractivity contribution in [2.45, 2.75) is 20.8 Å². The molecule has 0 heterocycles. The molecule has 1 unspecified atom stereocenters. The molecule has 6 heteroatoms. The molecule has 0 spiro atoms. The summed E-state index contributed by atoms with van der Waals surface area (Å²) in [5.74, 6) is -1.16. The number of hydrogen-bond acceptors (Lipinski definition) is 3. The number of carboxylic acids is 1. The van der Waals surface area contributed by atoms with Crippen molar-refractivity contribution in [1.29, 1.82) is 0 Å². The molecule has 0 aromatic heterocycles. The molecule has 20 heavy (non-hydrogen) atoms. The van der Waals surface area contributed by atoms with Crippen LogP contribution in [0.1, 0.15) is 31.1 Å². The predicted molar refractivity (Wildman–Crippen MR) is 77.6 cm³/mol. The van der Waals surface area contributed by atoms with Crippen LogP contribution in [0.4, 0.5) is 5.69 Å². The number of anilines is 1. The van der Waals surface area contributed by atoms with Crippen molar-refractivity contribution in [2.75, 3.05) is 12.4 Å². The number of amides is 1. The SMILES string of the molecule is COc1cc(NC(=O)C(C)C(C)C)c(Cl)cc1C(=O)O. The Balaban J connectivity index is 3.08. The van der Waals surface area contributed by atoms with E-state index in [-0.39, 0.29) is 34.1 Å². The quantitative estimate of drug-likeness (QED) is 0.875. The van der Waals surface area contributed by atoms with Gasteiger partial charge in [-0.2, -0.15) is 0 Å². The second-order valence-corrected chi connectivity index (χ2v) is 5.27. The minimum absolute atomic E-state index is 0.0487. The van der Waals surface area contributed by atoms with Crippen LogP contribution in [0.2, 0.25) is 5.02 Å². The van der Waals surface area contributed by atoms with E-state index in [2.05, 4.69) is 5.32 Å². The zero-order valence-corrected chi connectivity index (χ0v) is 12.6. The smallest absolute Gasteiger partial charge is 0.339 e. The van der Waals surface area contributed by atoms with Gasteiger partial charge in [-0.05, 0) is 12.0 Å². The van der Waals surface area contributed by atoms with E-state index in [0.29, 0.717) is 5.69 Å². The van der Waals surface area contributed by atoms with Crippen LogP contribution in [-0.4, -0.2) is 24.1 Å². The topological polar surface area (TPSA) is 75.6 Å². The summed E-state index contributed by atoms with van der Waals surface area (Å²) in [7, 11) is 1.36. The Morgan fingerprint density at radius 3 is 2.35 bits per heavy atom. The second kappa shape index (κ2) is 6.61. The van der Waals surface area contributed by atoms with Gasteiger partial charge in [0.1, 0.15) is 11.3 Å². The molecule has 1 aromatic rings. The number of aromatic carboxylic acids is 1. The third-order valence-corrected chi connectivity index (χ3v) is 3.50. The van der Waals surface area contributed by atoms with Crippen LogP contribution in [0, 0.1) is 11.8 Å².